The summed E-state index contributed by atoms with van der Waals surface area (Å²) in [5, 5.41) is 14.5. The van der Waals surface area contributed by atoms with Crippen LogP contribution >= 0.6 is 11.3 Å². The molecular formula is C14H24N2OS. The number of nitrogens with two attached hydrogens (primary N) is 1. The van der Waals surface area contributed by atoms with Crippen molar-refractivity contribution in [2.24, 2.45) is 11.7 Å². The minimum Gasteiger partial charge on any atom is -0.388 e. The summed E-state index contributed by atoms with van der Waals surface area (Å²) in [6, 6.07) is 4.08. The second-order valence-electron chi connectivity index (χ2n) is 5.18. The highest BCUT2D eigenvalue weighted by molar-refractivity contribution is 7.16. The van der Waals surface area contributed by atoms with Crippen molar-refractivity contribution in [2.75, 3.05) is 18.4 Å². The van der Waals surface area contributed by atoms with Crippen molar-refractivity contribution in [3.8, 4) is 0 Å². The Morgan fingerprint density at radius 2 is 2.11 bits per heavy atom. The van der Waals surface area contributed by atoms with Crippen LogP contribution in [0, 0.1) is 5.92 Å². The van der Waals surface area contributed by atoms with Gasteiger partial charge in [-0.2, -0.15) is 0 Å². The lowest BCUT2D eigenvalue weighted by atomic mass is 9.89. The van der Waals surface area contributed by atoms with Crippen LogP contribution in [0.25, 0.3) is 0 Å². The van der Waals surface area contributed by atoms with E-state index < -0.39 is 6.10 Å². The van der Waals surface area contributed by atoms with E-state index in [4.69, 9.17) is 5.73 Å². The van der Waals surface area contributed by atoms with Crippen LogP contribution in [0.15, 0.2) is 12.1 Å². The first-order valence-electron chi connectivity index (χ1n) is 7.01. The normalized spacial score (nSPS) is 18.8. The quantitative estimate of drug-likeness (QED) is 0.743. The fourth-order valence-electron chi connectivity index (χ4n) is 2.56. The van der Waals surface area contributed by atoms with Gasteiger partial charge in [0.15, 0.2) is 0 Å². The van der Waals surface area contributed by atoms with Gasteiger partial charge in [0, 0.05) is 11.4 Å². The van der Waals surface area contributed by atoms with E-state index in [9.17, 15) is 5.11 Å². The third-order valence-corrected chi connectivity index (χ3v) is 4.83. The van der Waals surface area contributed by atoms with Crippen molar-refractivity contribution in [1.29, 1.82) is 0 Å². The van der Waals surface area contributed by atoms with E-state index in [0.717, 1.165) is 17.3 Å². The van der Waals surface area contributed by atoms with Crippen LogP contribution < -0.4 is 11.1 Å². The van der Waals surface area contributed by atoms with Crippen molar-refractivity contribution in [3.63, 3.8) is 0 Å². The molecule has 0 bridgehead atoms. The van der Waals surface area contributed by atoms with Crippen LogP contribution in [0.3, 0.4) is 0 Å². The molecule has 0 saturated heterocycles. The minimum atomic E-state index is -0.398. The van der Waals surface area contributed by atoms with Crippen molar-refractivity contribution < 1.29 is 5.11 Å². The minimum absolute atomic E-state index is 0.398. The number of hydrogen-bond donors (Lipinski definition) is 3. The first-order chi connectivity index (χ1) is 8.79. The average Bonchev–Trinajstić information content (AvgIpc) is 2.87. The molecule has 0 aliphatic heterocycles. The molecule has 2 rings (SSSR count). The van der Waals surface area contributed by atoms with E-state index in [1.165, 1.54) is 37.1 Å². The van der Waals surface area contributed by atoms with Crippen molar-refractivity contribution in [1.82, 2.24) is 0 Å². The van der Waals surface area contributed by atoms with Gasteiger partial charge in [0.25, 0.3) is 0 Å². The van der Waals surface area contributed by atoms with Gasteiger partial charge in [0.05, 0.1) is 11.1 Å². The van der Waals surface area contributed by atoms with Gasteiger partial charge in [0.1, 0.15) is 0 Å². The third kappa shape index (κ3) is 3.97. The monoisotopic (exact) mass is 268 g/mol. The molecule has 0 spiro atoms. The van der Waals surface area contributed by atoms with Gasteiger partial charge in [-0.1, -0.05) is 19.3 Å². The Morgan fingerprint density at radius 1 is 1.33 bits per heavy atom. The van der Waals surface area contributed by atoms with Crippen molar-refractivity contribution in [3.05, 3.63) is 17.0 Å². The number of aliphatic hydroxyl groups is 1. The summed E-state index contributed by atoms with van der Waals surface area (Å²) >= 11 is 1.65. The number of aliphatic hydroxyl groups excluding tert-OH is 1. The van der Waals surface area contributed by atoms with Gasteiger partial charge in [-0.15, -0.1) is 11.3 Å². The molecule has 1 aromatic rings. The highest BCUT2D eigenvalue weighted by Gasteiger charge is 2.14. The average molecular weight is 268 g/mol. The van der Waals surface area contributed by atoms with Crippen LogP contribution in [0.2, 0.25) is 0 Å². The summed E-state index contributed by atoms with van der Waals surface area (Å²) in [7, 11) is 0. The summed E-state index contributed by atoms with van der Waals surface area (Å²) in [6.07, 6.45) is 7.15. The predicted molar refractivity (Wildman–Crippen MR) is 78.0 cm³/mol. The Balaban J connectivity index is 1.79. The van der Waals surface area contributed by atoms with Gasteiger partial charge in [-0.25, -0.2) is 0 Å². The number of rotatable bonds is 6. The number of hydrogen-bond acceptors (Lipinski definition) is 4. The number of nitrogens with one attached hydrogen (secondary N) is 1. The molecule has 4 N–H and O–H groups in total. The molecule has 1 fully saturated rings. The predicted octanol–water partition coefficient (Wildman–Crippen LogP) is 3.12. The Hall–Kier alpha value is -0.580. The fourth-order valence-corrected chi connectivity index (χ4v) is 3.50. The molecule has 1 heterocycles. The largest absolute Gasteiger partial charge is 0.388 e. The SMILES string of the molecule is NCCC(O)c1ccc(NCC2CCCCC2)s1. The zero-order valence-corrected chi connectivity index (χ0v) is 11.7. The summed E-state index contributed by atoms with van der Waals surface area (Å²) in [5.74, 6) is 0.832. The maximum atomic E-state index is 9.85. The van der Waals surface area contributed by atoms with E-state index in [1.54, 1.807) is 11.3 Å². The molecule has 0 radical (unpaired) electrons. The van der Waals surface area contributed by atoms with E-state index in [-0.39, 0.29) is 0 Å². The lowest BCUT2D eigenvalue weighted by Gasteiger charge is -2.21. The zero-order valence-electron chi connectivity index (χ0n) is 10.9. The highest BCUT2D eigenvalue weighted by atomic mass is 32.1. The van der Waals surface area contributed by atoms with E-state index >= 15 is 0 Å². The summed E-state index contributed by atoms with van der Waals surface area (Å²) < 4.78 is 0. The third-order valence-electron chi connectivity index (χ3n) is 3.69. The van der Waals surface area contributed by atoms with Crippen LogP contribution in [-0.4, -0.2) is 18.2 Å². The Morgan fingerprint density at radius 3 is 2.83 bits per heavy atom. The maximum Gasteiger partial charge on any atom is 0.0894 e. The molecule has 0 aromatic carbocycles. The molecular weight excluding hydrogens is 244 g/mol. The van der Waals surface area contributed by atoms with E-state index in [2.05, 4.69) is 11.4 Å². The first-order valence-corrected chi connectivity index (χ1v) is 7.83. The van der Waals surface area contributed by atoms with Crippen molar-refractivity contribution in [2.45, 2.75) is 44.6 Å². The van der Waals surface area contributed by atoms with E-state index in [1.807, 2.05) is 6.07 Å². The number of thiophene rings is 1. The topological polar surface area (TPSA) is 58.3 Å². The zero-order chi connectivity index (χ0) is 12.8. The number of anilines is 1. The van der Waals surface area contributed by atoms with Gasteiger partial charge in [-0.3, -0.25) is 0 Å². The lowest BCUT2D eigenvalue weighted by molar-refractivity contribution is 0.174. The molecule has 1 aromatic heterocycles. The Bertz CT molecular complexity index is 347. The van der Waals surface area contributed by atoms with Gasteiger partial charge < -0.3 is 16.2 Å². The molecule has 3 nitrogen and oxygen atoms in total. The molecule has 1 aliphatic carbocycles. The molecule has 1 aliphatic rings. The highest BCUT2D eigenvalue weighted by Crippen LogP contribution is 2.30. The van der Waals surface area contributed by atoms with Crippen molar-refractivity contribution >= 4 is 16.3 Å². The first kappa shape index (κ1) is 13.8. The van der Waals surface area contributed by atoms with Gasteiger partial charge >= 0.3 is 0 Å². The summed E-state index contributed by atoms with van der Waals surface area (Å²) in [6.45, 7) is 1.61. The summed E-state index contributed by atoms with van der Waals surface area (Å²) in [4.78, 5) is 1.02. The molecule has 102 valence electrons. The lowest BCUT2D eigenvalue weighted by Crippen LogP contribution is -2.16. The fraction of sp³-hybridized carbons (Fsp3) is 0.714. The van der Waals surface area contributed by atoms with Crippen LogP contribution in [0.1, 0.15) is 49.5 Å². The van der Waals surface area contributed by atoms with Crippen LogP contribution in [-0.2, 0) is 0 Å². The maximum absolute atomic E-state index is 9.85. The van der Waals surface area contributed by atoms with Crippen LogP contribution in [0.4, 0.5) is 5.00 Å². The molecule has 1 saturated carbocycles. The summed E-state index contributed by atoms with van der Waals surface area (Å²) in [5.41, 5.74) is 5.46. The Kier molecular flexibility index (Phi) is 5.47. The molecule has 1 atom stereocenters. The standard InChI is InChI=1S/C14H24N2OS/c15-9-8-12(17)13-6-7-14(18-13)16-10-11-4-2-1-3-5-11/h6-7,11-12,16-17H,1-5,8-10,15H2. The van der Waals surface area contributed by atoms with Gasteiger partial charge in [-0.05, 0) is 43.9 Å². The second kappa shape index (κ2) is 7.12. The van der Waals surface area contributed by atoms with Crippen LogP contribution in [0.5, 0.6) is 0 Å². The second-order valence-corrected chi connectivity index (χ2v) is 6.30. The molecule has 4 heteroatoms. The molecule has 1 unspecified atom stereocenters. The molecule has 18 heavy (non-hydrogen) atoms. The smallest absolute Gasteiger partial charge is 0.0894 e. The Labute approximate surface area is 113 Å². The van der Waals surface area contributed by atoms with Gasteiger partial charge in [0.2, 0.25) is 0 Å². The molecule has 0 amide bonds. The van der Waals surface area contributed by atoms with E-state index in [0.29, 0.717) is 13.0 Å².